The smallest absolute Gasteiger partial charge is 0.218 e. The van der Waals surface area contributed by atoms with Crippen LogP contribution in [0.2, 0.25) is 0 Å². The van der Waals surface area contributed by atoms with Crippen molar-refractivity contribution in [3.05, 3.63) is 72.8 Å². The lowest BCUT2D eigenvalue weighted by Crippen LogP contribution is -2.30. The summed E-state index contributed by atoms with van der Waals surface area (Å²) in [4.78, 5) is 9.24. The summed E-state index contributed by atoms with van der Waals surface area (Å²) in [6.07, 6.45) is 5.70. The van der Waals surface area contributed by atoms with Gasteiger partial charge in [0.2, 0.25) is 10.0 Å². The first kappa shape index (κ1) is 18.1. The zero-order valence-electron chi connectivity index (χ0n) is 15.7. The maximum atomic E-state index is 13.0. The molecule has 0 spiro atoms. The van der Waals surface area contributed by atoms with Crippen LogP contribution in [-0.4, -0.2) is 40.3 Å². The molecule has 0 bridgehead atoms. The molecule has 29 heavy (non-hydrogen) atoms. The predicted molar refractivity (Wildman–Crippen MR) is 110 cm³/mol. The van der Waals surface area contributed by atoms with E-state index >= 15 is 0 Å². The van der Waals surface area contributed by atoms with E-state index in [1.165, 1.54) is 0 Å². The third-order valence-corrected chi connectivity index (χ3v) is 7.12. The second-order valence-electron chi connectivity index (χ2n) is 7.21. The number of aromatic nitrogens is 3. The minimum absolute atomic E-state index is 0.0120. The van der Waals surface area contributed by atoms with Crippen LogP contribution < -0.4 is 0 Å². The van der Waals surface area contributed by atoms with Crippen molar-refractivity contribution in [1.29, 1.82) is 0 Å². The molecule has 1 saturated heterocycles. The number of hydrogen-bond acceptors (Lipinski definition) is 5. The molecule has 7 nitrogen and oxygen atoms in total. The van der Waals surface area contributed by atoms with Crippen LogP contribution >= 0.6 is 0 Å². The molecular weight excluding hydrogens is 388 g/mol. The average Bonchev–Trinajstić information content (AvgIpc) is 3.46. The van der Waals surface area contributed by atoms with Crippen molar-refractivity contribution >= 4 is 21.2 Å². The Kier molecular flexibility index (Phi) is 4.44. The summed E-state index contributed by atoms with van der Waals surface area (Å²) in [5.41, 5.74) is 3.20. The number of nitrogens with zero attached hydrogens (tertiary/aromatic N) is 4. The van der Waals surface area contributed by atoms with E-state index in [4.69, 9.17) is 9.40 Å². The van der Waals surface area contributed by atoms with Gasteiger partial charge in [0.1, 0.15) is 17.6 Å². The molecule has 3 aromatic heterocycles. The zero-order valence-corrected chi connectivity index (χ0v) is 16.5. The second kappa shape index (κ2) is 7.13. The van der Waals surface area contributed by atoms with Gasteiger partial charge in [-0.25, -0.2) is 18.4 Å². The monoisotopic (exact) mass is 408 g/mol. The molecule has 1 aliphatic rings. The van der Waals surface area contributed by atoms with Gasteiger partial charge >= 0.3 is 0 Å². The molecule has 0 aliphatic carbocycles. The molecule has 4 aromatic rings. The van der Waals surface area contributed by atoms with Crippen molar-refractivity contribution in [3.63, 3.8) is 0 Å². The summed E-state index contributed by atoms with van der Waals surface area (Å²) in [6, 6.07) is 14.9. The van der Waals surface area contributed by atoms with Crippen LogP contribution in [0.1, 0.15) is 18.0 Å². The molecule has 8 heteroatoms. The topological polar surface area (TPSA) is 81.2 Å². The normalized spacial score (nSPS) is 17.9. The van der Waals surface area contributed by atoms with Crippen LogP contribution in [-0.2, 0) is 15.8 Å². The third kappa shape index (κ3) is 3.34. The highest BCUT2D eigenvalue weighted by Gasteiger charge is 2.34. The fraction of sp³-hybridized carbons (Fsp3) is 0.238. The molecule has 1 aromatic carbocycles. The first-order valence-corrected chi connectivity index (χ1v) is 11.1. The van der Waals surface area contributed by atoms with Gasteiger partial charge in [0, 0.05) is 19.3 Å². The highest BCUT2D eigenvalue weighted by atomic mass is 32.2. The van der Waals surface area contributed by atoms with Gasteiger partial charge in [-0.3, -0.25) is 0 Å². The number of furan rings is 1. The molecular formula is C21H20N4O3S. The van der Waals surface area contributed by atoms with Crippen LogP contribution in [0.25, 0.3) is 22.6 Å². The quantitative estimate of drug-likeness (QED) is 0.505. The van der Waals surface area contributed by atoms with Gasteiger partial charge in [0.05, 0.1) is 23.6 Å². The minimum Gasteiger partial charge on any atom is -0.472 e. The third-order valence-electron chi connectivity index (χ3n) is 5.30. The Labute approximate surface area is 168 Å². The van der Waals surface area contributed by atoms with Gasteiger partial charge in [0.15, 0.2) is 5.65 Å². The van der Waals surface area contributed by atoms with Gasteiger partial charge in [-0.2, -0.15) is 4.31 Å². The van der Waals surface area contributed by atoms with Crippen LogP contribution in [0.3, 0.4) is 0 Å². The van der Waals surface area contributed by atoms with Crippen molar-refractivity contribution in [2.24, 2.45) is 0 Å². The number of rotatable bonds is 5. The molecule has 0 N–H and O–H groups in total. The second-order valence-corrected chi connectivity index (χ2v) is 9.17. The Balaban J connectivity index is 1.47. The van der Waals surface area contributed by atoms with Crippen LogP contribution in [0.15, 0.2) is 71.7 Å². The number of hydrogen-bond donors (Lipinski definition) is 0. The van der Waals surface area contributed by atoms with E-state index in [1.807, 2.05) is 48.5 Å². The molecule has 148 valence electrons. The number of fused-ring (bicyclic) bond motifs is 1. The number of pyridine rings is 1. The van der Waals surface area contributed by atoms with Crippen molar-refractivity contribution < 1.29 is 12.8 Å². The first-order valence-electron chi connectivity index (χ1n) is 9.49. The van der Waals surface area contributed by atoms with Gasteiger partial charge in [-0.1, -0.05) is 30.3 Å². The maximum Gasteiger partial charge on any atom is 0.218 e. The van der Waals surface area contributed by atoms with Crippen LogP contribution in [0.5, 0.6) is 0 Å². The van der Waals surface area contributed by atoms with Crippen molar-refractivity contribution in [1.82, 2.24) is 18.8 Å². The summed E-state index contributed by atoms with van der Waals surface area (Å²) >= 11 is 0. The average molecular weight is 408 g/mol. The molecule has 5 rings (SSSR count). The molecule has 0 saturated carbocycles. The minimum atomic E-state index is -3.40. The highest BCUT2D eigenvalue weighted by Crippen LogP contribution is 2.33. The van der Waals surface area contributed by atoms with E-state index in [1.54, 1.807) is 23.0 Å². The van der Waals surface area contributed by atoms with E-state index in [0.29, 0.717) is 19.5 Å². The first-order chi connectivity index (χ1) is 14.1. The summed E-state index contributed by atoms with van der Waals surface area (Å²) in [7, 11) is -3.40. The van der Waals surface area contributed by atoms with Gasteiger partial charge in [-0.05, 0) is 30.2 Å². The van der Waals surface area contributed by atoms with E-state index in [0.717, 1.165) is 28.1 Å². The van der Waals surface area contributed by atoms with Crippen molar-refractivity contribution in [2.45, 2.75) is 18.2 Å². The van der Waals surface area contributed by atoms with Crippen molar-refractivity contribution in [3.8, 4) is 11.4 Å². The number of imidazole rings is 1. The standard InChI is InChI=1S/C21H20N4O3S/c26-29(27,15-16-5-2-1-3-6-16)24-11-8-18(13-24)25-20(17-9-12-28-14-17)23-19-7-4-10-22-21(19)25/h1-7,9-10,12,14,18H,8,11,13,15H2. The van der Waals surface area contributed by atoms with E-state index in [-0.39, 0.29) is 11.8 Å². The lowest BCUT2D eigenvalue weighted by atomic mass is 10.2. The van der Waals surface area contributed by atoms with E-state index < -0.39 is 10.0 Å². The number of sulfonamides is 1. The van der Waals surface area contributed by atoms with Crippen LogP contribution in [0, 0.1) is 0 Å². The summed E-state index contributed by atoms with van der Waals surface area (Å²) in [5, 5.41) is 0. The Morgan fingerprint density at radius 1 is 1.10 bits per heavy atom. The summed E-state index contributed by atoms with van der Waals surface area (Å²) in [5.74, 6) is 0.762. The molecule has 1 atom stereocenters. The van der Waals surface area contributed by atoms with E-state index in [9.17, 15) is 8.42 Å². The summed E-state index contributed by atoms with van der Waals surface area (Å²) in [6.45, 7) is 0.888. The molecule has 0 amide bonds. The Hall–Kier alpha value is -2.97. The molecule has 1 aliphatic heterocycles. The van der Waals surface area contributed by atoms with E-state index in [2.05, 4.69) is 9.55 Å². The largest absolute Gasteiger partial charge is 0.472 e. The van der Waals surface area contributed by atoms with Gasteiger partial charge in [-0.15, -0.1) is 0 Å². The molecule has 1 fully saturated rings. The van der Waals surface area contributed by atoms with Gasteiger partial charge < -0.3 is 8.98 Å². The molecule has 1 unspecified atom stereocenters. The predicted octanol–water partition coefficient (Wildman–Crippen LogP) is 3.47. The Morgan fingerprint density at radius 2 is 1.97 bits per heavy atom. The SMILES string of the molecule is O=S(=O)(Cc1ccccc1)N1CCC(n2c(-c3ccoc3)nc3cccnc32)C1. The van der Waals surface area contributed by atoms with Crippen molar-refractivity contribution in [2.75, 3.05) is 13.1 Å². The lowest BCUT2D eigenvalue weighted by Gasteiger charge is -2.18. The fourth-order valence-electron chi connectivity index (χ4n) is 3.92. The Bertz CT molecular complexity index is 1230. The molecule has 0 radical (unpaired) electrons. The fourth-order valence-corrected chi connectivity index (χ4v) is 5.50. The maximum absolute atomic E-state index is 13.0. The lowest BCUT2D eigenvalue weighted by molar-refractivity contribution is 0.454. The highest BCUT2D eigenvalue weighted by molar-refractivity contribution is 7.88. The number of benzene rings is 1. The zero-order chi connectivity index (χ0) is 19.8. The molecule has 4 heterocycles. The Morgan fingerprint density at radius 3 is 2.76 bits per heavy atom. The van der Waals surface area contributed by atoms with Crippen LogP contribution in [0.4, 0.5) is 0 Å². The van der Waals surface area contributed by atoms with Gasteiger partial charge in [0.25, 0.3) is 0 Å². The summed E-state index contributed by atoms with van der Waals surface area (Å²) < 4.78 is 34.8.